The molecule has 0 aromatic carbocycles. The molecule has 0 saturated carbocycles. The smallest absolute Gasteiger partial charge is 0.0564 e. The minimum atomic E-state index is -0.0516. The summed E-state index contributed by atoms with van der Waals surface area (Å²) in [6.45, 7) is 16.2. The fraction of sp³-hybridized carbons (Fsp3) is 1.00. The third kappa shape index (κ3) is 8.23. The fourth-order valence-corrected chi connectivity index (χ4v) is 2.64. The first kappa shape index (κ1) is 17.9. The van der Waals surface area contributed by atoms with Gasteiger partial charge in [-0.25, -0.2) is 0 Å². The van der Waals surface area contributed by atoms with Crippen molar-refractivity contribution in [3.63, 3.8) is 0 Å². The van der Waals surface area contributed by atoms with Crippen molar-refractivity contribution in [3.05, 3.63) is 0 Å². The van der Waals surface area contributed by atoms with E-state index < -0.39 is 0 Å². The first-order valence-corrected chi connectivity index (χ1v) is 8.60. The number of piperidine rings is 1. The number of aliphatic hydroxyl groups is 1. The molecule has 3 nitrogen and oxygen atoms in total. The average molecular weight is 284 g/mol. The van der Waals surface area contributed by atoms with Crippen LogP contribution < -0.4 is 0 Å². The monoisotopic (exact) mass is 284 g/mol. The Kier molecular flexibility index (Phi) is 8.74. The Morgan fingerprint density at radius 1 is 0.950 bits per heavy atom. The van der Waals surface area contributed by atoms with Gasteiger partial charge in [0.05, 0.1) is 6.10 Å². The molecule has 1 rings (SSSR count). The largest absolute Gasteiger partial charge is 0.393 e. The van der Waals surface area contributed by atoms with Crippen LogP contribution in [-0.4, -0.2) is 60.3 Å². The molecule has 1 aliphatic rings. The van der Waals surface area contributed by atoms with Crippen LogP contribution in [0.15, 0.2) is 0 Å². The van der Waals surface area contributed by atoms with Gasteiger partial charge in [-0.1, -0.05) is 27.7 Å². The van der Waals surface area contributed by atoms with E-state index in [9.17, 15) is 5.11 Å². The van der Waals surface area contributed by atoms with Crippen LogP contribution >= 0.6 is 0 Å². The molecule has 0 bridgehead atoms. The normalized spacial score (nSPS) is 18.6. The van der Waals surface area contributed by atoms with Crippen LogP contribution in [0, 0.1) is 11.8 Å². The summed E-state index contributed by atoms with van der Waals surface area (Å²) < 4.78 is 0. The molecule has 1 heterocycles. The summed E-state index contributed by atoms with van der Waals surface area (Å²) in [4.78, 5) is 5.16. The van der Waals surface area contributed by atoms with Crippen molar-refractivity contribution in [2.75, 3.05) is 39.3 Å². The molecule has 1 fully saturated rings. The SMILES string of the molecule is CC(C)CCN(CCC(C)C)CCN1CCC(O)CC1. The lowest BCUT2D eigenvalue weighted by atomic mass is 10.1. The molecule has 0 amide bonds. The molecule has 0 aromatic heterocycles. The van der Waals surface area contributed by atoms with Crippen molar-refractivity contribution in [1.29, 1.82) is 0 Å². The van der Waals surface area contributed by atoms with Gasteiger partial charge in [-0.3, -0.25) is 0 Å². The molecule has 0 radical (unpaired) electrons. The second kappa shape index (κ2) is 9.75. The van der Waals surface area contributed by atoms with Gasteiger partial charge in [-0.2, -0.15) is 0 Å². The van der Waals surface area contributed by atoms with E-state index in [0.29, 0.717) is 0 Å². The maximum absolute atomic E-state index is 9.56. The summed E-state index contributed by atoms with van der Waals surface area (Å²) in [6, 6.07) is 0. The number of hydrogen-bond donors (Lipinski definition) is 1. The summed E-state index contributed by atoms with van der Waals surface area (Å²) >= 11 is 0. The van der Waals surface area contributed by atoms with Gasteiger partial charge >= 0.3 is 0 Å². The van der Waals surface area contributed by atoms with Crippen molar-refractivity contribution in [2.45, 2.75) is 59.5 Å². The quantitative estimate of drug-likeness (QED) is 0.705. The zero-order chi connectivity index (χ0) is 15.0. The summed E-state index contributed by atoms with van der Waals surface area (Å²) in [5.74, 6) is 1.59. The molecule has 120 valence electrons. The zero-order valence-corrected chi connectivity index (χ0v) is 14.1. The van der Waals surface area contributed by atoms with E-state index in [-0.39, 0.29) is 6.10 Å². The molecule has 1 aliphatic heterocycles. The second-order valence-corrected chi connectivity index (χ2v) is 7.28. The van der Waals surface area contributed by atoms with Gasteiger partial charge in [0.1, 0.15) is 0 Å². The Labute approximate surface area is 126 Å². The fourth-order valence-electron chi connectivity index (χ4n) is 2.64. The van der Waals surface area contributed by atoms with E-state index in [1.807, 2.05) is 0 Å². The highest BCUT2D eigenvalue weighted by molar-refractivity contribution is 4.72. The molecule has 0 aliphatic carbocycles. The molecule has 3 heteroatoms. The molecule has 0 unspecified atom stereocenters. The van der Waals surface area contributed by atoms with Crippen molar-refractivity contribution in [3.8, 4) is 0 Å². The van der Waals surface area contributed by atoms with E-state index in [0.717, 1.165) is 37.8 Å². The van der Waals surface area contributed by atoms with E-state index in [4.69, 9.17) is 0 Å². The van der Waals surface area contributed by atoms with Crippen LogP contribution in [0.5, 0.6) is 0 Å². The van der Waals surface area contributed by atoms with Crippen LogP contribution in [0.25, 0.3) is 0 Å². The maximum Gasteiger partial charge on any atom is 0.0564 e. The predicted molar refractivity (Wildman–Crippen MR) is 87.0 cm³/mol. The average Bonchev–Trinajstić information content (AvgIpc) is 2.39. The minimum absolute atomic E-state index is 0.0516. The number of rotatable bonds is 9. The van der Waals surface area contributed by atoms with Gasteiger partial charge in [-0.15, -0.1) is 0 Å². The first-order chi connectivity index (χ1) is 9.47. The Morgan fingerprint density at radius 2 is 1.45 bits per heavy atom. The Balaban J connectivity index is 2.27. The highest BCUT2D eigenvalue weighted by Gasteiger charge is 2.17. The number of likely N-dealkylation sites (tertiary alicyclic amines) is 1. The number of aliphatic hydroxyl groups excluding tert-OH is 1. The lowest BCUT2D eigenvalue weighted by molar-refractivity contribution is 0.0759. The third-order valence-corrected chi connectivity index (χ3v) is 4.33. The maximum atomic E-state index is 9.56. The van der Waals surface area contributed by atoms with E-state index >= 15 is 0 Å². The Bertz CT molecular complexity index is 223. The Morgan fingerprint density at radius 3 is 1.90 bits per heavy atom. The van der Waals surface area contributed by atoms with Crippen LogP contribution in [0.3, 0.4) is 0 Å². The lowest BCUT2D eigenvalue weighted by Crippen LogP contribution is -2.41. The highest BCUT2D eigenvalue weighted by atomic mass is 16.3. The minimum Gasteiger partial charge on any atom is -0.393 e. The third-order valence-electron chi connectivity index (χ3n) is 4.33. The second-order valence-electron chi connectivity index (χ2n) is 7.28. The molecule has 0 aromatic rings. The van der Waals surface area contributed by atoms with Gasteiger partial charge in [0.15, 0.2) is 0 Å². The van der Waals surface area contributed by atoms with E-state index in [1.165, 1.54) is 39.0 Å². The molecular formula is C17H36N2O. The summed E-state index contributed by atoms with van der Waals surface area (Å²) in [5, 5.41) is 9.56. The van der Waals surface area contributed by atoms with Gasteiger partial charge in [0.25, 0.3) is 0 Å². The molecule has 1 saturated heterocycles. The van der Waals surface area contributed by atoms with Crippen LogP contribution in [0.1, 0.15) is 53.4 Å². The Hall–Kier alpha value is -0.120. The van der Waals surface area contributed by atoms with Gasteiger partial charge in [0.2, 0.25) is 0 Å². The molecule has 1 N–H and O–H groups in total. The summed E-state index contributed by atoms with van der Waals surface area (Å²) in [5.41, 5.74) is 0. The van der Waals surface area contributed by atoms with E-state index in [2.05, 4.69) is 37.5 Å². The number of nitrogens with zero attached hydrogens (tertiary/aromatic N) is 2. The van der Waals surface area contributed by atoms with Crippen molar-refractivity contribution in [2.24, 2.45) is 11.8 Å². The molecule has 0 spiro atoms. The standard InChI is InChI=1S/C17H36N2O/c1-15(2)5-9-18(10-6-16(3)4)13-14-19-11-7-17(20)8-12-19/h15-17,20H,5-14H2,1-4H3. The topological polar surface area (TPSA) is 26.7 Å². The van der Waals surface area contributed by atoms with Crippen LogP contribution in [0.2, 0.25) is 0 Å². The van der Waals surface area contributed by atoms with Gasteiger partial charge in [0, 0.05) is 26.2 Å². The van der Waals surface area contributed by atoms with Crippen molar-refractivity contribution < 1.29 is 5.11 Å². The molecular weight excluding hydrogens is 248 g/mol. The van der Waals surface area contributed by atoms with Gasteiger partial charge in [-0.05, 0) is 50.6 Å². The lowest BCUT2D eigenvalue weighted by Gasteiger charge is -2.32. The van der Waals surface area contributed by atoms with Crippen molar-refractivity contribution in [1.82, 2.24) is 9.80 Å². The summed E-state index contributed by atoms with van der Waals surface area (Å²) in [7, 11) is 0. The first-order valence-electron chi connectivity index (χ1n) is 8.60. The highest BCUT2D eigenvalue weighted by Crippen LogP contribution is 2.11. The van der Waals surface area contributed by atoms with Gasteiger partial charge < -0.3 is 14.9 Å². The van der Waals surface area contributed by atoms with E-state index in [1.54, 1.807) is 0 Å². The van der Waals surface area contributed by atoms with Crippen LogP contribution in [-0.2, 0) is 0 Å². The molecule has 0 atom stereocenters. The van der Waals surface area contributed by atoms with Crippen LogP contribution in [0.4, 0.5) is 0 Å². The predicted octanol–water partition coefficient (Wildman–Crippen LogP) is 2.84. The zero-order valence-electron chi connectivity index (χ0n) is 14.1. The molecule has 20 heavy (non-hydrogen) atoms. The number of hydrogen-bond acceptors (Lipinski definition) is 3. The van der Waals surface area contributed by atoms with Crippen molar-refractivity contribution >= 4 is 0 Å². The summed E-state index contributed by atoms with van der Waals surface area (Å²) in [6.07, 6.45) is 4.47.